The highest BCUT2D eigenvalue weighted by Crippen LogP contribution is 2.20. The molecule has 0 fully saturated rings. The highest BCUT2D eigenvalue weighted by atomic mass is 16.3. The number of furan rings is 1. The molecular weight excluding hydrogens is 180 g/mol. The van der Waals surface area contributed by atoms with E-state index < -0.39 is 11.6 Å². The van der Waals surface area contributed by atoms with E-state index in [9.17, 15) is 9.59 Å². The minimum Gasteiger partial charge on any atom is -0.464 e. The van der Waals surface area contributed by atoms with Gasteiger partial charge in [0.2, 0.25) is 5.78 Å². The number of Topliss-reactive ketones (excluding diaryl/α,β-unsaturated/α-hetero) is 2. The molecule has 0 amide bonds. The van der Waals surface area contributed by atoms with Crippen LogP contribution in [0.25, 0.3) is 11.0 Å². The van der Waals surface area contributed by atoms with Gasteiger partial charge in [0.15, 0.2) is 5.78 Å². The third-order valence-corrected chi connectivity index (χ3v) is 2.05. The summed E-state index contributed by atoms with van der Waals surface area (Å²) in [7, 11) is 0. The van der Waals surface area contributed by atoms with Gasteiger partial charge < -0.3 is 4.42 Å². The molecule has 0 aliphatic rings. The van der Waals surface area contributed by atoms with E-state index in [4.69, 9.17) is 4.42 Å². The van der Waals surface area contributed by atoms with Gasteiger partial charge in [-0.2, -0.15) is 0 Å². The largest absolute Gasteiger partial charge is 0.464 e. The zero-order valence-electron chi connectivity index (χ0n) is 7.61. The van der Waals surface area contributed by atoms with E-state index in [2.05, 4.69) is 0 Å². The van der Waals surface area contributed by atoms with Gasteiger partial charge in [0.1, 0.15) is 11.8 Å². The molecule has 0 atom stereocenters. The third-order valence-electron chi connectivity index (χ3n) is 2.05. The molecule has 14 heavy (non-hydrogen) atoms. The minimum atomic E-state index is -0.505. The Morgan fingerprint density at radius 3 is 2.64 bits per heavy atom. The number of fused-ring (bicyclic) bond motifs is 1. The fourth-order valence-corrected chi connectivity index (χ4v) is 1.34. The van der Waals surface area contributed by atoms with Crippen LogP contribution in [0.2, 0.25) is 0 Å². The predicted molar refractivity (Wildman–Crippen MR) is 51.2 cm³/mol. The van der Waals surface area contributed by atoms with Crippen LogP contribution in [0.5, 0.6) is 0 Å². The van der Waals surface area contributed by atoms with E-state index >= 15 is 0 Å². The Labute approximate surface area is 80.3 Å². The molecule has 0 saturated heterocycles. The third kappa shape index (κ3) is 1.23. The van der Waals surface area contributed by atoms with Crippen molar-refractivity contribution in [2.24, 2.45) is 0 Å². The lowest BCUT2D eigenvalue weighted by Gasteiger charge is -1.91. The molecule has 0 unspecified atom stereocenters. The van der Waals surface area contributed by atoms with Crippen molar-refractivity contribution in [3.8, 4) is 0 Å². The molecule has 0 N–H and O–H groups in total. The van der Waals surface area contributed by atoms with Gasteiger partial charge in [-0.05, 0) is 6.07 Å². The van der Waals surface area contributed by atoms with Gasteiger partial charge in [-0.1, -0.05) is 18.2 Å². The van der Waals surface area contributed by atoms with Crippen LogP contribution < -0.4 is 0 Å². The molecule has 0 radical (unpaired) electrons. The van der Waals surface area contributed by atoms with Gasteiger partial charge >= 0.3 is 0 Å². The van der Waals surface area contributed by atoms with E-state index in [-0.39, 0.29) is 0 Å². The number of para-hydroxylation sites is 1. The van der Waals surface area contributed by atoms with Gasteiger partial charge in [-0.3, -0.25) is 9.59 Å². The lowest BCUT2D eigenvalue weighted by molar-refractivity contribution is -0.113. The molecule has 0 spiro atoms. The fourth-order valence-electron chi connectivity index (χ4n) is 1.34. The van der Waals surface area contributed by atoms with E-state index in [1.54, 1.807) is 18.2 Å². The summed E-state index contributed by atoms with van der Waals surface area (Å²) >= 11 is 0. The van der Waals surface area contributed by atoms with E-state index in [0.717, 1.165) is 0 Å². The normalized spacial score (nSPS) is 10.4. The number of carbonyl (C=O) groups excluding carboxylic acids is 2. The lowest BCUT2D eigenvalue weighted by atomic mass is 10.1. The van der Waals surface area contributed by atoms with Crippen molar-refractivity contribution in [1.29, 1.82) is 0 Å². The van der Waals surface area contributed by atoms with Crippen LogP contribution in [0.4, 0.5) is 0 Å². The summed E-state index contributed by atoms with van der Waals surface area (Å²) in [5.41, 5.74) is 0.963. The van der Waals surface area contributed by atoms with Crippen molar-refractivity contribution in [2.75, 3.05) is 0 Å². The number of benzene rings is 1. The summed E-state index contributed by atoms with van der Waals surface area (Å²) in [5, 5.41) is 0.688. The summed E-state index contributed by atoms with van der Waals surface area (Å²) in [6, 6.07) is 7.13. The van der Waals surface area contributed by atoms with Gasteiger partial charge in [0.25, 0.3) is 0 Å². The number of ketones is 2. The lowest BCUT2D eigenvalue weighted by Crippen LogP contribution is -2.08. The fraction of sp³-hybridized carbons (Fsp3) is 0.0909. The predicted octanol–water partition coefficient (Wildman–Crippen LogP) is 2.20. The molecule has 0 saturated carbocycles. The standard InChI is InChI=1S/C11H8O3/c1-7(12)11(13)9-6-14-10-5-3-2-4-8(9)10/h2-6H,1H3. The number of hydrogen-bond donors (Lipinski definition) is 0. The average molecular weight is 188 g/mol. The van der Waals surface area contributed by atoms with Crippen LogP contribution in [0.15, 0.2) is 34.9 Å². The monoisotopic (exact) mass is 188 g/mol. The molecule has 0 bridgehead atoms. The van der Waals surface area contributed by atoms with Crippen molar-refractivity contribution in [1.82, 2.24) is 0 Å². The summed E-state index contributed by atoms with van der Waals surface area (Å²) in [6.07, 6.45) is 1.33. The Morgan fingerprint density at radius 1 is 1.21 bits per heavy atom. The molecule has 70 valence electrons. The summed E-state index contributed by atoms with van der Waals surface area (Å²) in [5.74, 6) is -0.980. The van der Waals surface area contributed by atoms with E-state index in [1.807, 2.05) is 6.07 Å². The molecule has 1 aromatic carbocycles. The molecule has 2 rings (SSSR count). The molecule has 3 nitrogen and oxygen atoms in total. The second-order valence-electron chi connectivity index (χ2n) is 3.03. The maximum atomic E-state index is 11.4. The Bertz CT molecular complexity index is 508. The number of rotatable bonds is 2. The first-order valence-corrected chi connectivity index (χ1v) is 4.21. The van der Waals surface area contributed by atoms with Gasteiger partial charge in [0.05, 0.1) is 5.56 Å². The topological polar surface area (TPSA) is 47.3 Å². The van der Waals surface area contributed by atoms with Crippen molar-refractivity contribution in [3.05, 3.63) is 36.1 Å². The first-order valence-electron chi connectivity index (χ1n) is 4.21. The number of carbonyl (C=O) groups is 2. The molecular formula is C11H8O3. The maximum absolute atomic E-state index is 11.4. The molecule has 1 heterocycles. The van der Waals surface area contributed by atoms with E-state index in [0.29, 0.717) is 16.5 Å². The van der Waals surface area contributed by atoms with Crippen LogP contribution >= 0.6 is 0 Å². The molecule has 0 aliphatic heterocycles. The highest BCUT2D eigenvalue weighted by molar-refractivity contribution is 6.44. The van der Waals surface area contributed by atoms with E-state index in [1.165, 1.54) is 13.2 Å². The second kappa shape index (κ2) is 3.10. The maximum Gasteiger partial charge on any atom is 0.232 e. The Morgan fingerprint density at radius 2 is 1.93 bits per heavy atom. The van der Waals surface area contributed by atoms with Crippen LogP contribution in [0.1, 0.15) is 17.3 Å². The summed E-state index contributed by atoms with van der Waals surface area (Å²) in [4.78, 5) is 22.3. The zero-order chi connectivity index (χ0) is 10.1. The Kier molecular flexibility index (Phi) is 1.93. The van der Waals surface area contributed by atoms with Gasteiger partial charge in [-0.15, -0.1) is 0 Å². The van der Waals surface area contributed by atoms with Crippen LogP contribution in [0.3, 0.4) is 0 Å². The zero-order valence-corrected chi connectivity index (χ0v) is 7.61. The molecule has 3 heteroatoms. The van der Waals surface area contributed by atoms with Crippen molar-refractivity contribution < 1.29 is 14.0 Å². The smallest absolute Gasteiger partial charge is 0.232 e. The average Bonchev–Trinajstić information content (AvgIpc) is 2.60. The van der Waals surface area contributed by atoms with Gasteiger partial charge in [-0.25, -0.2) is 0 Å². The highest BCUT2D eigenvalue weighted by Gasteiger charge is 2.16. The summed E-state index contributed by atoms with van der Waals surface area (Å²) in [6.45, 7) is 1.25. The second-order valence-corrected chi connectivity index (χ2v) is 3.03. The summed E-state index contributed by atoms with van der Waals surface area (Å²) < 4.78 is 5.15. The Balaban J connectivity index is 2.64. The van der Waals surface area contributed by atoms with Crippen molar-refractivity contribution >= 4 is 22.5 Å². The van der Waals surface area contributed by atoms with Crippen LogP contribution in [-0.4, -0.2) is 11.6 Å². The first kappa shape index (κ1) is 8.69. The quantitative estimate of drug-likeness (QED) is 0.536. The minimum absolute atomic E-state index is 0.341. The molecule has 1 aromatic heterocycles. The molecule has 2 aromatic rings. The van der Waals surface area contributed by atoms with Crippen LogP contribution in [-0.2, 0) is 4.79 Å². The van der Waals surface area contributed by atoms with Crippen LogP contribution in [0, 0.1) is 0 Å². The SMILES string of the molecule is CC(=O)C(=O)c1coc2ccccc12. The van der Waals surface area contributed by atoms with Crippen molar-refractivity contribution in [3.63, 3.8) is 0 Å². The first-order chi connectivity index (χ1) is 6.70. The Hall–Kier alpha value is -1.90. The number of hydrogen-bond acceptors (Lipinski definition) is 3. The molecule has 0 aliphatic carbocycles. The van der Waals surface area contributed by atoms with Crippen molar-refractivity contribution in [2.45, 2.75) is 6.92 Å². The van der Waals surface area contributed by atoms with Gasteiger partial charge in [0, 0.05) is 12.3 Å².